The highest BCUT2D eigenvalue weighted by atomic mass is 32.2. The van der Waals surface area contributed by atoms with Crippen LogP contribution in [-0.2, 0) is 10.8 Å². The van der Waals surface area contributed by atoms with Gasteiger partial charge in [0, 0.05) is 83.4 Å². The quantitative estimate of drug-likeness (QED) is 0.148. The van der Waals surface area contributed by atoms with E-state index in [0.29, 0.717) is 5.82 Å². The Morgan fingerprint density at radius 2 is 0.918 bits per heavy atom. The summed E-state index contributed by atoms with van der Waals surface area (Å²) in [5, 5.41) is 2.04. The fourth-order valence-electron chi connectivity index (χ4n) is 7.22. The van der Waals surface area contributed by atoms with Crippen molar-refractivity contribution in [2.75, 3.05) is 12.5 Å². The third-order valence-corrected chi connectivity index (χ3v) is 12.0. The first-order valence-corrected chi connectivity index (χ1v) is 22.1. The highest BCUT2D eigenvalue weighted by molar-refractivity contribution is 7.98. The van der Waals surface area contributed by atoms with Crippen LogP contribution in [0.5, 0.6) is 0 Å². The highest BCUT2D eigenvalue weighted by Gasteiger charge is 2.19. The first kappa shape index (κ1) is 39.4. The molecule has 11 heteroatoms. The van der Waals surface area contributed by atoms with Gasteiger partial charge in [0.25, 0.3) is 0 Å². The number of pyridine rings is 2. The van der Waals surface area contributed by atoms with E-state index in [-0.39, 0.29) is 11.6 Å². The molecule has 0 aliphatic heterocycles. The van der Waals surface area contributed by atoms with Crippen molar-refractivity contribution in [2.45, 2.75) is 9.79 Å². The second-order valence-corrected chi connectivity index (χ2v) is 16.3. The first-order valence-electron chi connectivity index (χ1n) is 19.3. The largest absolute Gasteiger partial charge is 0.337 e. The molecule has 4 heterocycles. The monoisotopic (exact) mass is 838 g/mol. The number of para-hydroxylation sites is 2. The molecule has 0 bridgehead atoms. The van der Waals surface area contributed by atoms with Crippen LogP contribution in [0.25, 0.3) is 89.6 Å². The number of H-pyrrole nitrogens is 2. The maximum Gasteiger partial charge on any atom is 0.138 e. The van der Waals surface area contributed by atoms with Crippen molar-refractivity contribution < 1.29 is 13.0 Å². The zero-order chi connectivity index (χ0) is 41.9. The number of thioether (sulfide) groups is 1. The maximum atomic E-state index is 13.5. The molecule has 10 rings (SSSR count). The topological polar surface area (TPSA) is 100 Å². The van der Waals surface area contributed by atoms with Crippen LogP contribution in [0.15, 0.2) is 180 Å². The molecule has 0 aliphatic carbocycles. The van der Waals surface area contributed by atoms with Crippen LogP contribution in [0.1, 0.15) is 0 Å². The van der Waals surface area contributed by atoms with Gasteiger partial charge in [-0.2, -0.15) is 0 Å². The number of aromatic nitrogens is 6. The molecule has 6 aromatic carbocycles. The Morgan fingerprint density at radius 3 is 1.34 bits per heavy atom. The minimum Gasteiger partial charge on any atom is -0.337 e. The van der Waals surface area contributed by atoms with E-state index in [0.717, 1.165) is 88.7 Å². The van der Waals surface area contributed by atoms with Crippen molar-refractivity contribution in [3.63, 3.8) is 0 Å². The van der Waals surface area contributed by atoms with Crippen molar-refractivity contribution in [2.24, 2.45) is 0 Å². The standard InChI is InChI=1S/C25H18FN3OS.C25H18FN3S/c1-31(30)19-12-8-17(9-13-19)25-28-23(16-6-10-18(26)11-7-16)24(29-25)21-14-15-27-22-5-3-2-4-20(21)22;1-30-19-12-8-17(9-13-19)25-28-23(16-6-10-18(26)11-7-16)24(29-25)21-14-15-27-22-5-3-2-4-20(21)22/h2-15H,1H3,(H,28,29);2-15H,1H3,(H,28,29). The van der Waals surface area contributed by atoms with E-state index in [2.05, 4.69) is 56.5 Å². The molecule has 0 radical (unpaired) electrons. The Labute approximate surface area is 357 Å². The van der Waals surface area contributed by atoms with E-state index < -0.39 is 10.8 Å². The van der Waals surface area contributed by atoms with E-state index in [1.807, 2.05) is 78.9 Å². The molecule has 298 valence electrons. The smallest absolute Gasteiger partial charge is 0.138 e. The molecule has 0 saturated heterocycles. The number of fused-ring (bicyclic) bond motifs is 2. The van der Waals surface area contributed by atoms with Gasteiger partial charge in [0.1, 0.15) is 23.3 Å². The average Bonchev–Trinajstić information content (AvgIpc) is 3.96. The summed E-state index contributed by atoms with van der Waals surface area (Å²) in [6.45, 7) is 0. The number of benzene rings is 6. The normalized spacial score (nSPS) is 11.7. The summed E-state index contributed by atoms with van der Waals surface area (Å²) in [7, 11) is -1.04. The van der Waals surface area contributed by atoms with E-state index in [1.165, 1.54) is 29.2 Å². The lowest BCUT2D eigenvalue weighted by atomic mass is 10.0. The van der Waals surface area contributed by atoms with Gasteiger partial charge in [-0.1, -0.05) is 60.7 Å². The van der Waals surface area contributed by atoms with Crippen molar-refractivity contribution in [3.8, 4) is 67.8 Å². The second kappa shape index (κ2) is 17.3. The van der Waals surface area contributed by atoms with Gasteiger partial charge in [0.15, 0.2) is 0 Å². The summed E-state index contributed by atoms with van der Waals surface area (Å²) >= 11 is 1.70. The molecule has 7 nitrogen and oxygen atoms in total. The van der Waals surface area contributed by atoms with Gasteiger partial charge >= 0.3 is 0 Å². The molecule has 0 spiro atoms. The predicted molar refractivity (Wildman–Crippen MR) is 244 cm³/mol. The van der Waals surface area contributed by atoms with Gasteiger partial charge in [-0.05, 0) is 103 Å². The third-order valence-electron chi connectivity index (χ3n) is 10.3. The number of hydrogen-bond donors (Lipinski definition) is 2. The van der Waals surface area contributed by atoms with Gasteiger partial charge in [0.05, 0.1) is 33.8 Å². The number of hydrogen-bond acceptors (Lipinski definition) is 6. The maximum absolute atomic E-state index is 13.5. The van der Waals surface area contributed by atoms with E-state index in [9.17, 15) is 13.0 Å². The van der Waals surface area contributed by atoms with Crippen LogP contribution in [-0.4, -0.2) is 46.6 Å². The molecule has 2 N–H and O–H groups in total. The fourth-order valence-corrected chi connectivity index (χ4v) is 8.15. The lowest BCUT2D eigenvalue weighted by Crippen LogP contribution is -1.88. The van der Waals surface area contributed by atoms with Crippen molar-refractivity contribution >= 4 is 44.4 Å². The Hall–Kier alpha value is -7.08. The molecule has 1 atom stereocenters. The molecule has 0 fully saturated rings. The minimum absolute atomic E-state index is 0.266. The lowest BCUT2D eigenvalue weighted by molar-refractivity contribution is 0.627. The Kier molecular flexibility index (Phi) is 11.1. The van der Waals surface area contributed by atoms with Crippen LogP contribution in [0.4, 0.5) is 8.78 Å². The van der Waals surface area contributed by atoms with Crippen molar-refractivity contribution in [1.82, 2.24) is 29.9 Å². The zero-order valence-corrected chi connectivity index (χ0v) is 34.6. The minimum atomic E-state index is -1.04. The Balaban J connectivity index is 0.000000156. The molecule has 10 aromatic rings. The lowest BCUT2D eigenvalue weighted by Gasteiger charge is -2.07. The number of imidazole rings is 2. The molecule has 0 saturated carbocycles. The Morgan fingerprint density at radius 1 is 0.508 bits per heavy atom. The number of nitrogens with zero attached hydrogens (tertiary/aromatic N) is 4. The van der Waals surface area contributed by atoms with Gasteiger partial charge in [-0.25, -0.2) is 18.7 Å². The molecular formula is C50H36F2N6OS2. The summed E-state index contributed by atoms with van der Waals surface area (Å²) in [5.41, 5.74) is 10.6. The summed E-state index contributed by atoms with van der Waals surface area (Å²) < 4.78 is 38.8. The summed E-state index contributed by atoms with van der Waals surface area (Å²) in [6.07, 6.45) is 7.29. The molecule has 1 unspecified atom stereocenters. The SMILES string of the molecule is CS(=O)c1ccc(-c2nc(-c3ccc(F)cc3)c(-c3ccnc4ccccc34)[nH]2)cc1.CSc1ccc(-c2nc(-c3ccc(F)cc3)c(-c3ccnc4ccccc34)[nH]2)cc1. The molecular weight excluding hydrogens is 803 g/mol. The van der Waals surface area contributed by atoms with Crippen LogP contribution in [0.3, 0.4) is 0 Å². The van der Waals surface area contributed by atoms with Crippen molar-refractivity contribution in [1.29, 1.82) is 0 Å². The van der Waals surface area contributed by atoms with Gasteiger partial charge < -0.3 is 9.97 Å². The number of rotatable bonds is 8. The first-order chi connectivity index (χ1) is 29.8. The molecule has 61 heavy (non-hydrogen) atoms. The summed E-state index contributed by atoms with van der Waals surface area (Å²) in [4.78, 5) is 27.7. The van der Waals surface area contributed by atoms with Crippen LogP contribution in [0.2, 0.25) is 0 Å². The summed E-state index contributed by atoms with van der Waals surface area (Å²) in [5.74, 6) is 0.901. The van der Waals surface area contributed by atoms with E-state index in [1.54, 1.807) is 54.7 Å². The van der Waals surface area contributed by atoms with Crippen LogP contribution in [0, 0.1) is 11.6 Å². The predicted octanol–water partition coefficient (Wildman–Crippen LogP) is 12.7. The highest BCUT2D eigenvalue weighted by Crippen LogP contribution is 2.38. The second-order valence-electron chi connectivity index (χ2n) is 14.1. The van der Waals surface area contributed by atoms with E-state index in [4.69, 9.17) is 9.97 Å². The van der Waals surface area contributed by atoms with Crippen LogP contribution < -0.4 is 0 Å². The van der Waals surface area contributed by atoms with Crippen molar-refractivity contribution in [3.05, 3.63) is 182 Å². The third kappa shape index (κ3) is 8.26. The fraction of sp³-hybridized carbons (Fsp3) is 0.0400. The molecule has 4 aromatic heterocycles. The Bertz CT molecular complexity index is 3160. The summed E-state index contributed by atoms with van der Waals surface area (Å²) in [6, 6.07) is 48.5. The average molecular weight is 839 g/mol. The number of halogens is 2. The number of aromatic amines is 2. The van der Waals surface area contributed by atoms with Gasteiger partial charge in [0.2, 0.25) is 0 Å². The van der Waals surface area contributed by atoms with E-state index >= 15 is 0 Å². The number of nitrogens with one attached hydrogen (secondary N) is 2. The van der Waals surface area contributed by atoms with Crippen LogP contribution >= 0.6 is 11.8 Å². The van der Waals surface area contributed by atoms with Gasteiger partial charge in [-0.15, -0.1) is 11.8 Å². The van der Waals surface area contributed by atoms with Gasteiger partial charge in [-0.3, -0.25) is 14.2 Å². The zero-order valence-electron chi connectivity index (χ0n) is 32.9. The molecule has 0 amide bonds. The molecule has 0 aliphatic rings.